The van der Waals surface area contributed by atoms with Crippen molar-refractivity contribution in [2.45, 2.75) is 26.4 Å². The second-order valence-electron chi connectivity index (χ2n) is 8.27. The molecular formula is C24H23NO10S. The highest BCUT2D eigenvalue weighted by molar-refractivity contribution is 7.82. The Morgan fingerprint density at radius 3 is 2.19 bits per heavy atom. The summed E-state index contributed by atoms with van der Waals surface area (Å²) in [6.07, 6.45) is 0.461. The number of hydrogen-bond acceptors (Lipinski definition) is 10. The molecule has 0 aliphatic carbocycles. The number of fused-ring (bicyclic) bond motifs is 1. The molecule has 36 heavy (non-hydrogen) atoms. The lowest BCUT2D eigenvalue weighted by atomic mass is 10.2. The van der Waals surface area contributed by atoms with Gasteiger partial charge >= 0.3 is 28.1 Å². The molecule has 1 heterocycles. The quantitative estimate of drug-likeness (QED) is 0.280. The average molecular weight is 518 g/mol. The molecule has 1 N–H and O–H groups in total. The van der Waals surface area contributed by atoms with Gasteiger partial charge in [0.25, 0.3) is 0 Å². The number of amides is 1. The summed E-state index contributed by atoms with van der Waals surface area (Å²) in [6, 6.07) is 12.4. The zero-order valence-electron chi connectivity index (χ0n) is 19.8. The Hall–Kier alpha value is -4.32. The molecule has 0 fully saturated rings. The molecule has 0 spiro atoms. The fourth-order valence-electron chi connectivity index (χ4n) is 2.80. The van der Waals surface area contributed by atoms with Crippen molar-refractivity contribution >= 4 is 39.5 Å². The van der Waals surface area contributed by atoms with E-state index in [-0.39, 0.29) is 22.8 Å². The van der Waals surface area contributed by atoms with Crippen molar-refractivity contribution in [2.24, 2.45) is 0 Å². The summed E-state index contributed by atoms with van der Waals surface area (Å²) in [4.78, 5) is 35.4. The highest BCUT2D eigenvalue weighted by Crippen LogP contribution is 2.23. The molecule has 0 aliphatic rings. The van der Waals surface area contributed by atoms with Gasteiger partial charge in [-0.25, -0.2) is 14.4 Å². The van der Waals surface area contributed by atoms with Gasteiger partial charge in [0.1, 0.15) is 28.4 Å². The molecule has 190 valence electrons. The Labute approximate surface area is 206 Å². The van der Waals surface area contributed by atoms with Crippen LogP contribution in [0, 0.1) is 0 Å². The van der Waals surface area contributed by atoms with Crippen LogP contribution in [0.15, 0.2) is 69.5 Å². The number of nitrogens with one attached hydrogen (secondary N) is 1. The van der Waals surface area contributed by atoms with E-state index in [0.717, 1.165) is 7.11 Å². The van der Waals surface area contributed by atoms with Gasteiger partial charge in [0, 0.05) is 17.5 Å². The zero-order valence-corrected chi connectivity index (χ0v) is 20.6. The zero-order chi connectivity index (χ0) is 26.5. The number of carbonyl (C=O) groups excluding carboxylic acids is 2. The van der Waals surface area contributed by atoms with Gasteiger partial charge in [0.05, 0.1) is 7.11 Å². The van der Waals surface area contributed by atoms with E-state index in [9.17, 15) is 22.8 Å². The second-order valence-corrected chi connectivity index (χ2v) is 9.42. The van der Waals surface area contributed by atoms with Gasteiger partial charge < -0.3 is 22.3 Å². The minimum Gasteiger partial charge on any atom is -0.464 e. The fourth-order valence-corrected chi connectivity index (χ4v) is 3.52. The largest absolute Gasteiger partial charge is 0.500 e. The molecule has 1 aromatic heterocycles. The smallest absolute Gasteiger partial charge is 0.464 e. The third-order valence-electron chi connectivity index (χ3n) is 4.22. The monoisotopic (exact) mass is 517 g/mol. The van der Waals surface area contributed by atoms with E-state index in [4.69, 9.17) is 17.5 Å². The van der Waals surface area contributed by atoms with Crippen molar-refractivity contribution in [3.8, 4) is 11.5 Å². The molecule has 0 saturated carbocycles. The predicted octanol–water partition coefficient (Wildman–Crippen LogP) is 3.53. The summed E-state index contributed by atoms with van der Waals surface area (Å²) in [7, 11) is -3.39. The third-order valence-corrected chi connectivity index (χ3v) is 5.02. The van der Waals surface area contributed by atoms with Gasteiger partial charge in [-0.3, -0.25) is 5.32 Å². The van der Waals surface area contributed by atoms with E-state index < -0.39 is 33.7 Å². The normalized spacial score (nSPS) is 12.1. The van der Waals surface area contributed by atoms with E-state index in [0.29, 0.717) is 10.9 Å². The van der Waals surface area contributed by atoms with Gasteiger partial charge in [-0.05, 0) is 62.7 Å². The van der Waals surface area contributed by atoms with Gasteiger partial charge in [0.15, 0.2) is 0 Å². The number of rotatable bonds is 7. The topological polar surface area (TPSA) is 147 Å². The lowest BCUT2D eigenvalue weighted by Gasteiger charge is -2.20. The maximum Gasteiger partial charge on any atom is 0.500 e. The van der Waals surface area contributed by atoms with E-state index in [2.05, 4.69) is 10.1 Å². The molecular weight excluding hydrogens is 494 g/mol. The summed E-state index contributed by atoms with van der Waals surface area (Å²) in [6.45, 7) is 5.01. The number of methoxy groups -OCH3 is 1. The average Bonchev–Trinajstić information content (AvgIpc) is 2.77. The molecule has 0 bridgehead atoms. The molecule has 12 heteroatoms. The summed E-state index contributed by atoms with van der Waals surface area (Å²) in [5.74, 6) is -1.02. The first-order valence-corrected chi connectivity index (χ1v) is 11.7. The minimum atomic E-state index is -4.54. The van der Waals surface area contributed by atoms with Gasteiger partial charge in [-0.1, -0.05) is 12.1 Å². The van der Waals surface area contributed by atoms with Crippen LogP contribution in [0.2, 0.25) is 0 Å². The van der Waals surface area contributed by atoms with Crippen molar-refractivity contribution in [1.29, 1.82) is 0 Å². The molecule has 0 unspecified atom stereocenters. The molecule has 3 rings (SSSR count). The fraction of sp³-hybridized carbons (Fsp3) is 0.208. The number of esters is 1. The van der Waals surface area contributed by atoms with Crippen LogP contribution in [0.5, 0.6) is 11.5 Å². The summed E-state index contributed by atoms with van der Waals surface area (Å²) < 4.78 is 49.3. The van der Waals surface area contributed by atoms with Gasteiger partial charge in [-0.15, -0.1) is 8.42 Å². The number of hydrogen-bond donors (Lipinski definition) is 1. The standard InChI is InChI=1S/C24H23NO10S/c1-24(2,3)33-23(28)25-19(22(27)31-4)13-15-5-9-17(10-6-15)34-36(29,30)35-18-11-7-16-8-12-21(26)32-20(16)14-18/h5-14H,1-4H3,(H,25,28)/b19-13-. The first kappa shape index (κ1) is 26.3. The summed E-state index contributed by atoms with van der Waals surface area (Å²) in [5, 5.41) is 2.90. The van der Waals surface area contributed by atoms with Crippen LogP contribution in [0.3, 0.4) is 0 Å². The number of carbonyl (C=O) groups is 2. The van der Waals surface area contributed by atoms with Crippen molar-refractivity contribution in [2.75, 3.05) is 7.11 Å². The third kappa shape index (κ3) is 7.60. The second kappa shape index (κ2) is 10.5. The Morgan fingerprint density at radius 1 is 0.944 bits per heavy atom. The number of benzene rings is 2. The number of ether oxygens (including phenoxy) is 2. The molecule has 11 nitrogen and oxygen atoms in total. The minimum absolute atomic E-state index is 0.0841. The Balaban J connectivity index is 1.73. The highest BCUT2D eigenvalue weighted by atomic mass is 32.3. The maximum absolute atomic E-state index is 12.3. The van der Waals surface area contributed by atoms with Crippen LogP contribution in [0.1, 0.15) is 26.3 Å². The Kier molecular flexibility index (Phi) is 7.68. The van der Waals surface area contributed by atoms with Gasteiger partial charge in [-0.2, -0.15) is 0 Å². The summed E-state index contributed by atoms with van der Waals surface area (Å²) in [5.41, 5.74) is -1.00. The Bertz CT molecular complexity index is 1470. The number of alkyl carbamates (subject to hydrolysis) is 1. The first-order chi connectivity index (χ1) is 16.8. The summed E-state index contributed by atoms with van der Waals surface area (Å²) >= 11 is 0. The SMILES string of the molecule is COC(=O)/C(=C/c1ccc(OS(=O)(=O)Oc2ccc3ccc(=O)oc3c2)cc1)NC(=O)OC(C)(C)C. The first-order valence-electron chi connectivity index (χ1n) is 10.4. The van der Waals surface area contributed by atoms with Crippen LogP contribution in [0.25, 0.3) is 17.0 Å². The van der Waals surface area contributed by atoms with Crippen LogP contribution in [-0.2, 0) is 24.7 Å². The molecule has 0 radical (unpaired) electrons. The van der Waals surface area contributed by atoms with Crippen molar-refractivity contribution in [3.05, 3.63) is 76.3 Å². The van der Waals surface area contributed by atoms with E-state index in [1.165, 1.54) is 60.7 Å². The molecule has 3 aromatic rings. The van der Waals surface area contributed by atoms with Crippen molar-refractivity contribution < 1.29 is 40.3 Å². The van der Waals surface area contributed by atoms with E-state index in [1.807, 2.05) is 0 Å². The van der Waals surface area contributed by atoms with Crippen molar-refractivity contribution in [1.82, 2.24) is 5.32 Å². The van der Waals surface area contributed by atoms with E-state index in [1.54, 1.807) is 20.8 Å². The lowest BCUT2D eigenvalue weighted by molar-refractivity contribution is -0.136. The Morgan fingerprint density at radius 2 is 1.56 bits per heavy atom. The van der Waals surface area contributed by atoms with Crippen LogP contribution in [-0.4, -0.2) is 33.2 Å². The molecule has 0 saturated heterocycles. The molecule has 2 aromatic carbocycles. The van der Waals surface area contributed by atoms with Crippen LogP contribution >= 0.6 is 0 Å². The predicted molar refractivity (Wildman–Crippen MR) is 128 cm³/mol. The van der Waals surface area contributed by atoms with E-state index >= 15 is 0 Å². The molecule has 1 amide bonds. The highest BCUT2D eigenvalue weighted by Gasteiger charge is 2.20. The van der Waals surface area contributed by atoms with Crippen LogP contribution in [0.4, 0.5) is 4.79 Å². The van der Waals surface area contributed by atoms with Crippen molar-refractivity contribution in [3.63, 3.8) is 0 Å². The van der Waals surface area contributed by atoms with Gasteiger partial charge in [0.2, 0.25) is 0 Å². The maximum atomic E-state index is 12.3. The molecule has 0 aliphatic heterocycles. The molecule has 0 atom stereocenters. The lowest BCUT2D eigenvalue weighted by Crippen LogP contribution is -2.34. The van der Waals surface area contributed by atoms with Crippen LogP contribution < -0.4 is 19.3 Å².